The lowest BCUT2D eigenvalue weighted by molar-refractivity contribution is -0.152. The van der Waals surface area contributed by atoms with E-state index in [1.54, 1.807) is 18.3 Å². The zero-order chi connectivity index (χ0) is 17.4. The van der Waals surface area contributed by atoms with Gasteiger partial charge in [0.15, 0.2) is 6.61 Å². The Balaban J connectivity index is 1.97. The van der Waals surface area contributed by atoms with Crippen molar-refractivity contribution < 1.29 is 14.3 Å². The largest absolute Gasteiger partial charge is 0.480 e. The average molecular weight is 350 g/mol. The third-order valence-corrected chi connectivity index (χ3v) is 4.14. The van der Waals surface area contributed by atoms with E-state index in [4.69, 9.17) is 21.1 Å². The molecule has 1 unspecified atom stereocenters. The van der Waals surface area contributed by atoms with E-state index in [0.717, 1.165) is 37.5 Å². The molecular weight excluding hydrogens is 326 g/mol. The van der Waals surface area contributed by atoms with Crippen LogP contribution < -0.4 is 4.74 Å². The Morgan fingerprint density at radius 2 is 2.04 bits per heavy atom. The number of rotatable bonds is 9. The van der Waals surface area contributed by atoms with Crippen LogP contribution in [0.15, 0.2) is 30.5 Å². The molecule has 0 aliphatic rings. The molecule has 0 N–H and O–H groups in total. The molecule has 1 heterocycles. The molecule has 0 bridgehead atoms. The third-order valence-electron chi connectivity index (χ3n) is 3.81. The first-order valence-electron chi connectivity index (χ1n) is 8.51. The number of benzene rings is 1. The van der Waals surface area contributed by atoms with Gasteiger partial charge in [0.25, 0.3) is 0 Å². The van der Waals surface area contributed by atoms with Crippen LogP contribution in [-0.2, 0) is 9.53 Å². The van der Waals surface area contributed by atoms with Crippen LogP contribution in [0.4, 0.5) is 0 Å². The van der Waals surface area contributed by atoms with Crippen LogP contribution in [0.2, 0.25) is 5.02 Å². The van der Waals surface area contributed by atoms with Gasteiger partial charge in [-0.05, 0) is 37.1 Å². The van der Waals surface area contributed by atoms with Gasteiger partial charge in [-0.2, -0.15) is 0 Å². The van der Waals surface area contributed by atoms with E-state index in [0.29, 0.717) is 16.3 Å². The highest BCUT2D eigenvalue weighted by molar-refractivity contribution is 6.35. The monoisotopic (exact) mass is 349 g/mol. The fourth-order valence-corrected chi connectivity index (χ4v) is 2.82. The molecule has 0 amide bonds. The summed E-state index contributed by atoms with van der Waals surface area (Å²) in [4.78, 5) is 16.4. The number of unbranched alkanes of at least 4 members (excludes halogenated alkanes) is 1. The summed E-state index contributed by atoms with van der Waals surface area (Å²) in [5.41, 5.74) is 0.647. The number of nitrogens with zero attached hydrogens (tertiary/aromatic N) is 1. The summed E-state index contributed by atoms with van der Waals surface area (Å²) in [6.45, 7) is 4.10. The van der Waals surface area contributed by atoms with Crippen molar-refractivity contribution in [2.75, 3.05) is 6.61 Å². The molecule has 130 valence electrons. The van der Waals surface area contributed by atoms with Crippen LogP contribution in [0.25, 0.3) is 10.9 Å². The maximum atomic E-state index is 12.1. The molecule has 0 saturated carbocycles. The minimum atomic E-state index is -0.344. The van der Waals surface area contributed by atoms with Crippen LogP contribution in [0.1, 0.15) is 46.0 Å². The van der Waals surface area contributed by atoms with E-state index in [2.05, 4.69) is 18.8 Å². The fraction of sp³-hybridized carbons (Fsp3) is 0.474. The Morgan fingerprint density at radius 1 is 1.21 bits per heavy atom. The van der Waals surface area contributed by atoms with Crippen molar-refractivity contribution in [1.29, 1.82) is 0 Å². The number of fused-ring (bicyclic) bond motifs is 1. The quantitative estimate of drug-likeness (QED) is 0.586. The van der Waals surface area contributed by atoms with Crippen molar-refractivity contribution in [3.63, 3.8) is 0 Å². The van der Waals surface area contributed by atoms with E-state index in [9.17, 15) is 4.79 Å². The van der Waals surface area contributed by atoms with E-state index in [1.807, 2.05) is 12.1 Å². The van der Waals surface area contributed by atoms with E-state index >= 15 is 0 Å². The lowest BCUT2D eigenvalue weighted by Gasteiger charge is -2.17. The Labute approximate surface area is 148 Å². The second kappa shape index (κ2) is 9.48. The van der Waals surface area contributed by atoms with E-state index in [-0.39, 0.29) is 18.7 Å². The highest BCUT2D eigenvalue weighted by atomic mass is 35.5. The summed E-state index contributed by atoms with van der Waals surface area (Å²) in [6.07, 6.45) is 6.59. The zero-order valence-electron chi connectivity index (χ0n) is 14.3. The number of hydrogen-bond donors (Lipinski definition) is 0. The second-order valence-electron chi connectivity index (χ2n) is 5.78. The number of carbonyl (C=O) groups excluding carboxylic acids is 1. The first-order valence-corrected chi connectivity index (χ1v) is 8.89. The highest BCUT2D eigenvalue weighted by Crippen LogP contribution is 2.29. The van der Waals surface area contributed by atoms with Crippen molar-refractivity contribution in [1.82, 2.24) is 4.98 Å². The summed E-state index contributed by atoms with van der Waals surface area (Å²) >= 11 is 6.16. The van der Waals surface area contributed by atoms with Crippen molar-refractivity contribution in [2.24, 2.45) is 0 Å². The number of halogens is 1. The number of hydrogen-bond acceptors (Lipinski definition) is 4. The number of aromatic nitrogens is 1. The SMILES string of the molecule is CCCCC(CCC)OC(=O)COc1ccc(Cl)c2cccnc12. The van der Waals surface area contributed by atoms with Gasteiger partial charge in [0, 0.05) is 11.6 Å². The van der Waals surface area contributed by atoms with Gasteiger partial charge in [-0.3, -0.25) is 4.98 Å². The smallest absolute Gasteiger partial charge is 0.344 e. The maximum absolute atomic E-state index is 12.1. The lowest BCUT2D eigenvalue weighted by atomic mass is 10.1. The maximum Gasteiger partial charge on any atom is 0.344 e. The van der Waals surface area contributed by atoms with Gasteiger partial charge in [0.1, 0.15) is 17.4 Å². The van der Waals surface area contributed by atoms with Gasteiger partial charge in [-0.1, -0.05) is 44.7 Å². The third kappa shape index (κ3) is 5.10. The molecule has 2 aromatic rings. The molecule has 1 aromatic heterocycles. The van der Waals surface area contributed by atoms with Gasteiger partial charge in [-0.15, -0.1) is 0 Å². The number of carbonyl (C=O) groups is 1. The Bertz CT molecular complexity index is 675. The van der Waals surface area contributed by atoms with Gasteiger partial charge in [0.05, 0.1) is 5.02 Å². The number of esters is 1. The molecule has 0 fully saturated rings. The normalized spacial score (nSPS) is 12.1. The molecule has 2 rings (SSSR count). The molecule has 24 heavy (non-hydrogen) atoms. The van der Waals surface area contributed by atoms with E-state index in [1.165, 1.54) is 0 Å². The van der Waals surface area contributed by atoms with Gasteiger partial charge < -0.3 is 9.47 Å². The molecule has 0 radical (unpaired) electrons. The molecule has 5 heteroatoms. The molecule has 4 nitrogen and oxygen atoms in total. The van der Waals surface area contributed by atoms with Gasteiger partial charge in [0.2, 0.25) is 0 Å². The number of pyridine rings is 1. The Morgan fingerprint density at radius 3 is 2.79 bits per heavy atom. The van der Waals surface area contributed by atoms with Gasteiger partial charge in [-0.25, -0.2) is 4.79 Å². The van der Waals surface area contributed by atoms with Crippen molar-refractivity contribution in [3.05, 3.63) is 35.5 Å². The Kier molecular flexibility index (Phi) is 7.32. The summed E-state index contributed by atoms with van der Waals surface area (Å²) in [6, 6.07) is 7.16. The van der Waals surface area contributed by atoms with Crippen LogP contribution >= 0.6 is 11.6 Å². The van der Waals surface area contributed by atoms with E-state index < -0.39 is 0 Å². The topological polar surface area (TPSA) is 48.4 Å². The van der Waals surface area contributed by atoms with Crippen molar-refractivity contribution >= 4 is 28.5 Å². The predicted molar refractivity (Wildman–Crippen MR) is 96.6 cm³/mol. The molecule has 0 saturated heterocycles. The molecule has 0 aliphatic heterocycles. The molecule has 0 spiro atoms. The van der Waals surface area contributed by atoms with Gasteiger partial charge >= 0.3 is 5.97 Å². The van der Waals surface area contributed by atoms with Crippen LogP contribution in [0.5, 0.6) is 5.75 Å². The summed E-state index contributed by atoms with van der Waals surface area (Å²) < 4.78 is 11.2. The highest BCUT2D eigenvalue weighted by Gasteiger charge is 2.15. The van der Waals surface area contributed by atoms with Crippen LogP contribution in [0, 0.1) is 0 Å². The minimum Gasteiger partial charge on any atom is -0.480 e. The molecule has 1 aromatic carbocycles. The summed E-state index contributed by atoms with van der Waals surface area (Å²) in [5.74, 6) is 0.191. The van der Waals surface area contributed by atoms with Crippen LogP contribution in [0.3, 0.4) is 0 Å². The molecule has 0 aliphatic carbocycles. The number of ether oxygens (including phenoxy) is 2. The van der Waals surface area contributed by atoms with Crippen molar-refractivity contribution in [3.8, 4) is 5.75 Å². The van der Waals surface area contributed by atoms with Crippen molar-refractivity contribution in [2.45, 2.75) is 52.1 Å². The Hall–Kier alpha value is -1.81. The molecular formula is C19H24ClNO3. The first kappa shape index (κ1) is 18.5. The average Bonchev–Trinajstić information content (AvgIpc) is 2.59. The lowest BCUT2D eigenvalue weighted by Crippen LogP contribution is -2.23. The van der Waals surface area contributed by atoms with Crippen LogP contribution in [-0.4, -0.2) is 23.7 Å². The summed E-state index contributed by atoms with van der Waals surface area (Å²) in [5, 5.41) is 1.41. The minimum absolute atomic E-state index is 0.0221. The first-order chi connectivity index (χ1) is 11.7. The fourth-order valence-electron chi connectivity index (χ4n) is 2.60. The summed E-state index contributed by atoms with van der Waals surface area (Å²) in [7, 11) is 0. The second-order valence-corrected chi connectivity index (χ2v) is 6.18. The predicted octanol–water partition coefficient (Wildman–Crippen LogP) is 5.17. The zero-order valence-corrected chi connectivity index (χ0v) is 15.0. The molecule has 1 atom stereocenters. The standard InChI is InChI=1S/C19H24ClNO3/c1-3-5-8-14(7-4-2)24-18(22)13-23-17-11-10-16(20)15-9-6-12-21-19(15)17/h6,9-12,14H,3-5,7-8,13H2,1-2H3.